The third-order valence-electron chi connectivity index (χ3n) is 8.31. The minimum atomic E-state index is -4.58. The second-order valence-electron chi connectivity index (χ2n) is 10.9. The molecule has 9 nitrogen and oxygen atoms in total. The number of hydrogen-bond donors (Lipinski definition) is 1. The van der Waals surface area contributed by atoms with Crippen molar-refractivity contribution in [2.24, 2.45) is 0 Å². The van der Waals surface area contributed by atoms with Gasteiger partial charge in [-0.2, -0.15) is 13.2 Å². The second-order valence-corrected chi connectivity index (χ2v) is 10.9. The Balaban J connectivity index is 1.43. The molecular weight excluding hydrogens is 583 g/mol. The molecule has 12 heteroatoms. The van der Waals surface area contributed by atoms with Crippen LogP contribution in [0.2, 0.25) is 0 Å². The molecule has 45 heavy (non-hydrogen) atoms. The van der Waals surface area contributed by atoms with Crippen molar-refractivity contribution in [3.8, 4) is 22.7 Å². The predicted octanol–water partition coefficient (Wildman–Crippen LogP) is 5.34. The van der Waals surface area contributed by atoms with Crippen molar-refractivity contribution in [3.63, 3.8) is 0 Å². The highest BCUT2D eigenvalue weighted by atomic mass is 19.4. The number of fused-ring (bicyclic) bond motifs is 3. The van der Waals surface area contributed by atoms with Crippen LogP contribution < -0.4 is 20.5 Å². The van der Waals surface area contributed by atoms with Gasteiger partial charge >= 0.3 is 6.18 Å². The van der Waals surface area contributed by atoms with Gasteiger partial charge in [-0.3, -0.25) is 9.36 Å². The lowest BCUT2D eigenvalue weighted by Gasteiger charge is -2.31. The maximum atomic E-state index is 14.5. The molecule has 0 amide bonds. The van der Waals surface area contributed by atoms with E-state index in [0.29, 0.717) is 61.6 Å². The summed E-state index contributed by atoms with van der Waals surface area (Å²) in [5, 5.41) is 3.87. The maximum Gasteiger partial charge on any atom is 0.418 e. The number of anilines is 1. The van der Waals surface area contributed by atoms with Gasteiger partial charge in [0.25, 0.3) is 5.56 Å². The number of alkyl halides is 3. The molecule has 0 unspecified atom stereocenters. The zero-order valence-electron chi connectivity index (χ0n) is 24.5. The van der Waals surface area contributed by atoms with Crippen molar-refractivity contribution in [3.05, 3.63) is 101 Å². The Labute approximate surface area is 256 Å². The fourth-order valence-electron chi connectivity index (χ4n) is 6.05. The van der Waals surface area contributed by atoms with Crippen LogP contribution in [-0.4, -0.2) is 57.0 Å². The number of aromatic nitrogens is 5. The average Bonchev–Trinajstić information content (AvgIpc) is 3.75. The van der Waals surface area contributed by atoms with Crippen LogP contribution in [0.15, 0.2) is 90.4 Å². The molecule has 2 aromatic carbocycles. The predicted molar refractivity (Wildman–Crippen MR) is 167 cm³/mol. The zero-order chi connectivity index (χ0) is 31.1. The van der Waals surface area contributed by atoms with Gasteiger partial charge in [-0.1, -0.05) is 6.07 Å². The summed E-state index contributed by atoms with van der Waals surface area (Å²) in [6, 6.07) is 17.5. The van der Waals surface area contributed by atoms with Crippen molar-refractivity contribution >= 4 is 27.6 Å². The minimum absolute atomic E-state index is 0.142. The van der Waals surface area contributed by atoms with Gasteiger partial charge in [0.1, 0.15) is 6.33 Å². The van der Waals surface area contributed by atoms with E-state index in [1.54, 1.807) is 39.5 Å². The molecule has 4 aromatic heterocycles. The van der Waals surface area contributed by atoms with Gasteiger partial charge in [-0.05, 0) is 54.1 Å². The highest BCUT2D eigenvalue weighted by molar-refractivity contribution is 6.04. The van der Waals surface area contributed by atoms with Crippen LogP contribution >= 0.6 is 0 Å². The van der Waals surface area contributed by atoms with E-state index < -0.39 is 11.7 Å². The summed E-state index contributed by atoms with van der Waals surface area (Å²) in [6.45, 7) is 3.12. The van der Waals surface area contributed by atoms with Crippen molar-refractivity contribution in [1.82, 2.24) is 29.0 Å². The fraction of sp³-hybridized carbons (Fsp3) is 0.242. The summed E-state index contributed by atoms with van der Waals surface area (Å²) in [5.74, 6) is 0.476. The summed E-state index contributed by atoms with van der Waals surface area (Å²) >= 11 is 0. The van der Waals surface area contributed by atoms with Crippen LogP contribution in [0.1, 0.15) is 5.56 Å². The Morgan fingerprint density at radius 1 is 0.933 bits per heavy atom. The van der Waals surface area contributed by atoms with Gasteiger partial charge < -0.3 is 24.1 Å². The summed E-state index contributed by atoms with van der Waals surface area (Å²) in [7, 11) is 1.55. The Bertz CT molecular complexity index is 2040. The first kappa shape index (κ1) is 28.7. The Morgan fingerprint density at radius 2 is 1.71 bits per heavy atom. The summed E-state index contributed by atoms with van der Waals surface area (Å²) in [6.07, 6.45) is 2.41. The molecule has 0 aliphatic carbocycles. The minimum Gasteiger partial charge on any atom is -0.481 e. The van der Waals surface area contributed by atoms with E-state index in [1.807, 2.05) is 53.4 Å². The number of methoxy groups -OCH3 is 1. The van der Waals surface area contributed by atoms with E-state index in [0.717, 1.165) is 17.2 Å². The number of aryl methyl sites for hydroxylation is 2. The van der Waals surface area contributed by atoms with Crippen molar-refractivity contribution < 1.29 is 17.9 Å². The number of piperazine rings is 1. The average molecular weight is 614 g/mol. The van der Waals surface area contributed by atoms with Gasteiger partial charge in [0, 0.05) is 86.2 Å². The highest BCUT2D eigenvalue weighted by Gasteiger charge is 2.36. The first-order valence-electron chi connectivity index (χ1n) is 14.6. The van der Waals surface area contributed by atoms with E-state index in [4.69, 9.17) is 4.74 Å². The first-order valence-corrected chi connectivity index (χ1v) is 14.6. The van der Waals surface area contributed by atoms with Gasteiger partial charge in [-0.15, -0.1) is 0 Å². The van der Waals surface area contributed by atoms with E-state index in [1.165, 1.54) is 12.4 Å². The molecule has 6 aromatic rings. The molecule has 1 aliphatic rings. The largest absolute Gasteiger partial charge is 0.481 e. The smallest absolute Gasteiger partial charge is 0.418 e. The molecule has 0 saturated carbocycles. The molecule has 0 atom stereocenters. The van der Waals surface area contributed by atoms with E-state index in [9.17, 15) is 18.0 Å². The number of nitrogens with zero attached hydrogens (tertiary/aromatic N) is 6. The Hall–Kier alpha value is -5.10. The van der Waals surface area contributed by atoms with Gasteiger partial charge in [0.2, 0.25) is 5.88 Å². The molecule has 0 spiro atoms. The molecule has 1 fully saturated rings. The Kier molecular flexibility index (Phi) is 7.28. The molecule has 7 rings (SSSR count). The lowest BCUT2D eigenvalue weighted by molar-refractivity contribution is -0.137. The van der Waals surface area contributed by atoms with Crippen molar-refractivity contribution in [2.45, 2.75) is 19.3 Å². The number of ether oxygens (including phenoxy) is 1. The summed E-state index contributed by atoms with van der Waals surface area (Å²) < 4.78 is 53.9. The SMILES string of the molecule is COc1ccc(-c2ccc3c(c2)c2c(ncn2-c2ccc(N4CCNCC4)c(C(F)(F)F)c2)c(=O)n3CCn2cccc2)cn1. The molecule has 5 heterocycles. The summed E-state index contributed by atoms with van der Waals surface area (Å²) in [5.41, 5.74) is 2.30. The first-order chi connectivity index (χ1) is 21.8. The van der Waals surface area contributed by atoms with E-state index >= 15 is 0 Å². The van der Waals surface area contributed by atoms with Crippen LogP contribution in [-0.2, 0) is 19.3 Å². The van der Waals surface area contributed by atoms with Crippen LogP contribution in [0.25, 0.3) is 38.8 Å². The maximum absolute atomic E-state index is 14.5. The summed E-state index contributed by atoms with van der Waals surface area (Å²) in [4.78, 5) is 24.5. The molecule has 1 N–H and O–H groups in total. The molecule has 1 saturated heterocycles. The van der Waals surface area contributed by atoms with Gasteiger partial charge in [0.05, 0.1) is 23.7 Å². The van der Waals surface area contributed by atoms with Crippen LogP contribution in [0.4, 0.5) is 18.9 Å². The third-order valence-corrected chi connectivity index (χ3v) is 8.31. The van der Waals surface area contributed by atoms with Crippen LogP contribution in [0.5, 0.6) is 5.88 Å². The number of hydrogen-bond acceptors (Lipinski definition) is 6. The van der Waals surface area contributed by atoms with Gasteiger partial charge in [-0.25, -0.2) is 9.97 Å². The van der Waals surface area contributed by atoms with Crippen LogP contribution in [0, 0.1) is 0 Å². The van der Waals surface area contributed by atoms with Crippen molar-refractivity contribution in [1.29, 1.82) is 0 Å². The molecule has 0 radical (unpaired) electrons. The monoisotopic (exact) mass is 613 g/mol. The number of nitrogens with one attached hydrogen (secondary N) is 1. The molecule has 0 bridgehead atoms. The number of imidazole rings is 1. The Morgan fingerprint density at radius 3 is 2.42 bits per heavy atom. The lowest BCUT2D eigenvalue weighted by atomic mass is 10.0. The molecule has 1 aliphatic heterocycles. The lowest BCUT2D eigenvalue weighted by Crippen LogP contribution is -2.44. The normalized spacial score (nSPS) is 14.0. The molecule has 230 valence electrons. The number of pyridine rings is 2. The quantitative estimate of drug-likeness (QED) is 0.262. The standard InChI is InChI=1S/C33H30F3N7O2/c1-45-29-9-5-23(20-38-29)22-4-7-27-25(18-22)31-30(32(44)42(27)17-16-40-12-2-3-13-40)39-21-43(31)24-6-8-28(26(19-24)33(34,35)36)41-14-10-37-11-15-41/h2-9,12-13,18-21,37H,10-11,14-17H2,1H3. The fourth-order valence-corrected chi connectivity index (χ4v) is 6.05. The molecular formula is C33H30F3N7O2. The van der Waals surface area contributed by atoms with Gasteiger partial charge in [0.15, 0.2) is 5.52 Å². The zero-order valence-corrected chi connectivity index (χ0v) is 24.5. The number of benzene rings is 2. The number of rotatable bonds is 7. The third kappa shape index (κ3) is 5.31. The second kappa shape index (κ2) is 11.4. The van der Waals surface area contributed by atoms with E-state index in [-0.39, 0.29) is 22.5 Å². The topological polar surface area (TPSA) is 82.1 Å². The number of halogens is 3. The van der Waals surface area contributed by atoms with E-state index in [2.05, 4.69) is 15.3 Å². The van der Waals surface area contributed by atoms with Crippen molar-refractivity contribution in [2.75, 3.05) is 38.2 Å². The van der Waals surface area contributed by atoms with Crippen LogP contribution in [0.3, 0.4) is 0 Å². The highest BCUT2D eigenvalue weighted by Crippen LogP contribution is 2.39.